The van der Waals surface area contributed by atoms with Crippen LogP contribution in [0, 0.1) is 5.92 Å². The van der Waals surface area contributed by atoms with Crippen LogP contribution in [0.3, 0.4) is 0 Å². The Hall–Kier alpha value is -1.10. The van der Waals surface area contributed by atoms with Crippen LogP contribution in [0.2, 0.25) is 0 Å². The first kappa shape index (κ1) is 13.3. The summed E-state index contributed by atoms with van der Waals surface area (Å²) < 4.78 is 5.34. The number of carbonyl (C=O) groups is 2. The van der Waals surface area contributed by atoms with E-state index in [-0.39, 0.29) is 24.4 Å². The second kappa shape index (κ2) is 4.88. The highest BCUT2D eigenvalue weighted by Crippen LogP contribution is 2.25. The van der Waals surface area contributed by atoms with Crippen LogP contribution in [-0.4, -0.2) is 48.1 Å². The van der Waals surface area contributed by atoms with E-state index in [1.54, 1.807) is 18.7 Å². The monoisotopic (exact) mass is 254 g/mol. The van der Waals surface area contributed by atoms with Crippen molar-refractivity contribution in [1.82, 2.24) is 10.2 Å². The van der Waals surface area contributed by atoms with Gasteiger partial charge >= 0.3 is 0 Å². The Bertz CT molecular complexity index is 348. The molecule has 2 saturated heterocycles. The molecular formula is C13H22N2O3. The number of rotatable bonds is 2. The first-order chi connectivity index (χ1) is 8.42. The number of piperazine rings is 1. The van der Waals surface area contributed by atoms with Crippen LogP contribution in [0.5, 0.6) is 0 Å². The predicted octanol–water partition coefficient (Wildman–Crippen LogP) is 0.538. The second-order valence-electron chi connectivity index (χ2n) is 5.80. The van der Waals surface area contributed by atoms with Crippen molar-refractivity contribution >= 4 is 11.8 Å². The van der Waals surface area contributed by atoms with Gasteiger partial charge in [0.25, 0.3) is 0 Å². The molecule has 1 unspecified atom stereocenters. The molecule has 18 heavy (non-hydrogen) atoms. The lowest BCUT2D eigenvalue weighted by Crippen LogP contribution is -2.66. The van der Waals surface area contributed by atoms with E-state index < -0.39 is 5.54 Å². The summed E-state index contributed by atoms with van der Waals surface area (Å²) in [6.45, 7) is 7.26. The van der Waals surface area contributed by atoms with Crippen molar-refractivity contribution in [2.45, 2.75) is 45.2 Å². The lowest BCUT2D eigenvalue weighted by molar-refractivity contribution is -0.152. The summed E-state index contributed by atoms with van der Waals surface area (Å²) in [7, 11) is 0. The summed E-state index contributed by atoms with van der Waals surface area (Å²) in [5.74, 6) is 0.379. The molecule has 0 radical (unpaired) electrons. The Morgan fingerprint density at radius 3 is 2.56 bits per heavy atom. The first-order valence-electron chi connectivity index (χ1n) is 6.61. The topological polar surface area (TPSA) is 58.6 Å². The average Bonchev–Trinajstić information content (AvgIpc) is 2.33. The molecule has 2 fully saturated rings. The van der Waals surface area contributed by atoms with Crippen molar-refractivity contribution in [3.05, 3.63) is 0 Å². The minimum atomic E-state index is -0.783. The molecule has 0 saturated carbocycles. The third kappa shape index (κ3) is 2.51. The van der Waals surface area contributed by atoms with Gasteiger partial charge in [-0.25, -0.2) is 0 Å². The molecule has 0 bridgehead atoms. The summed E-state index contributed by atoms with van der Waals surface area (Å²) in [6, 6.07) is 0.103. The van der Waals surface area contributed by atoms with Gasteiger partial charge in [0.1, 0.15) is 5.54 Å². The molecule has 0 aromatic rings. The molecule has 0 aromatic heterocycles. The van der Waals surface area contributed by atoms with E-state index in [2.05, 4.69) is 5.32 Å². The largest absolute Gasteiger partial charge is 0.381 e. The van der Waals surface area contributed by atoms with Crippen molar-refractivity contribution in [3.8, 4) is 0 Å². The zero-order chi connectivity index (χ0) is 13.3. The zero-order valence-corrected chi connectivity index (χ0v) is 11.4. The standard InChI is InChI=1S/C13H22N2O3/c1-9(10-4-6-18-7-5-10)15-8-11(16)14-13(2,3)12(15)17/h9-10H,4-8H2,1-3H3,(H,14,16). The van der Waals surface area contributed by atoms with E-state index in [1.165, 1.54) is 0 Å². The van der Waals surface area contributed by atoms with E-state index in [0.29, 0.717) is 5.92 Å². The maximum Gasteiger partial charge on any atom is 0.248 e. The molecule has 2 rings (SSSR count). The van der Waals surface area contributed by atoms with Crippen molar-refractivity contribution in [1.29, 1.82) is 0 Å². The summed E-state index contributed by atoms with van der Waals surface area (Å²) in [6.07, 6.45) is 1.93. The molecule has 0 aromatic carbocycles. The Morgan fingerprint density at radius 1 is 1.33 bits per heavy atom. The van der Waals surface area contributed by atoms with E-state index in [4.69, 9.17) is 4.74 Å². The highest BCUT2D eigenvalue weighted by molar-refractivity contribution is 5.97. The molecule has 2 aliphatic heterocycles. The predicted molar refractivity (Wildman–Crippen MR) is 66.9 cm³/mol. The second-order valence-corrected chi connectivity index (χ2v) is 5.80. The highest BCUT2D eigenvalue weighted by atomic mass is 16.5. The number of carbonyl (C=O) groups excluding carboxylic acids is 2. The maximum absolute atomic E-state index is 12.4. The smallest absolute Gasteiger partial charge is 0.248 e. The first-order valence-corrected chi connectivity index (χ1v) is 6.61. The van der Waals surface area contributed by atoms with Gasteiger partial charge in [0.05, 0.1) is 6.54 Å². The van der Waals surface area contributed by atoms with Gasteiger partial charge in [0.2, 0.25) is 11.8 Å². The van der Waals surface area contributed by atoms with Gasteiger partial charge in [-0.15, -0.1) is 0 Å². The highest BCUT2D eigenvalue weighted by Gasteiger charge is 2.42. The van der Waals surface area contributed by atoms with E-state index in [0.717, 1.165) is 26.1 Å². The fraction of sp³-hybridized carbons (Fsp3) is 0.846. The Morgan fingerprint density at radius 2 is 1.94 bits per heavy atom. The van der Waals surface area contributed by atoms with Crippen LogP contribution in [0.4, 0.5) is 0 Å². The van der Waals surface area contributed by atoms with Gasteiger partial charge in [0.15, 0.2) is 0 Å². The molecule has 2 aliphatic rings. The minimum Gasteiger partial charge on any atom is -0.381 e. The van der Waals surface area contributed by atoms with Crippen LogP contribution < -0.4 is 5.32 Å². The number of hydrogen-bond donors (Lipinski definition) is 1. The molecular weight excluding hydrogens is 232 g/mol. The quantitative estimate of drug-likeness (QED) is 0.782. The number of amides is 2. The number of ether oxygens (including phenoxy) is 1. The van der Waals surface area contributed by atoms with Gasteiger partial charge in [-0.3, -0.25) is 9.59 Å². The molecule has 5 nitrogen and oxygen atoms in total. The van der Waals surface area contributed by atoms with E-state index in [1.807, 2.05) is 6.92 Å². The third-order valence-electron chi connectivity index (χ3n) is 4.00. The normalized spacial score (nSPS) is 26.9. The van der Waals surface area contributed by atoms with Crippen LogP contribution >= 0.6 is 0 Å². The van der Waals surface area contributed by atoms with E-state index in [9.17, 15) is 9.59 Å². The summed E-state index contributed by atoms with van der Waals surface area (Å²) in [4.78, 5) is 25.8. The lowest BCUT2D eigenvalue weighted by Gasteiger charge is -2.43. The number of nitrogens with zero attached hydrogens (tertiary/aromatic N) is 1. The van der Waals surface area contributed by atoms with Gasteiger partial charge < -0.3 is 15.0 Å². The fourth-order valence-electron chi connectivity index (χ4n) is 2.81. The van der Waals surface area contributed by atoms with Crippen molar-refractivity contribution in [2.75, 3.05) is 19.8 Å². The fourth-order valence-corrected chi connectivity index (χ4v) is 2.81. The maximum atomic E-state index is 12.4. The molecule has 0 spiro atoms. The van der Waals surface area contributed by atoms with Crippen LogP contribution in [0.25, 0.3) is 0 Å². The van der Waals surface area contributed by atoms with Gasteiger partial charge in [-0.1, -0.05) is 0 Å². The molecule has 5 heteroatoms. The number of hydrogen-bond acceptors (Lipinski definition) is 3. The average molecular weight is 254 g/mol. The van der Waals surface area contributed by atoms with Crippen LogP contribution in [0.15, 0.2) is 0 Å². The third-order valence-corrected chi connectivity index (χ3v) is 4.00. The minimum absolute atomic E-state index is 0.0149. The van der Waals surface area contributed by atoms with E-state index >= 15 is 0 Å². The van der Waals surface area contributed by atoms with Crippen LogP contribution in [-0.2, 0) is 14.3 Å². The Labute approximate surface area is 108 Å². The number of nitrogens with one attached hydrogen (secondary N) is 1. The summed E-state index contributed by atoms with van der Waals surface area (Å²) >= 11 is 0. The Balaban J connectivity index is 2.10. The molecule has 0 aliphatic carbocycles. The SMILES string of the molecule is CC(C1CCOCC1)N1CC(=O)NC(C)(C)C1=O. The van der Waals surface area contributed by atoms with Crippen molar-refractivity contribution < 1.29 is 14.3 Å². The van der Waals surface area contributed by atoms with Crippen molar-refractivity contribution in [3.63, 3.8) is 0 Å². The summed E-state index contributed by atoms with van der Waals surface area (Å²) in [5.41, 5.74) is -0.783. The molecule has 1 atom stereocenters. The molecule has 1 N–H and O–H groups in total. The van der Waals surface area contributed by atoms with Crippen LogP contribution in [0.1, 0.15) is 33.6 Å². The van der Waals surface area contributed by atoms with Gasteiger partial charge in [-0.05, 0) is 39.5 Å². The molecule has 2 amide bonds. The Kier molecular flexibility index (Phi) is 3.61. The lowest BCUT2D eigenvalue weighted by atomic mass is 9.89. The molecule has 2 heterocycles. The van der Waals surface area contributed by atoms with Crippen molar-refractivity contribution in [2.24, 2.45) is 5.92 Å². The zero-order valence-electron chi connectivity index (χ0n) is 11.4. The van der Waals surface area contributed by atoms with Gasteiger partial charge in [0, 0.05) is 19.3 Å². The van der Waals surface area contributed by atoms with Gasteiger partial charge in [-0.2, -0.15) is 0 Å². The summed E-state index contributed by atoms with van der Waals surface area (Å²) in [5, 5.41) is 2.74. The molecule has 102 valence electrons.